The number of nitrogens with one attached hydrogen (secondary N) is 1. The molecule has 0 saturated carbocycles. The van der Waals surface area contributed by atoms with Crippen LogP contribution in [0.25, 0.3) is 0 Å². The van der Waals surface area contributed by atoms with Gasteiger partial charge < -0.3 is 14.6 Å². The first-order valence-corrected chi connectivity index (χ1v) is 8.61. The highest BCUT2D eigenvalue weighted by Gasteiger charge is 2.20. The van der Waals surface area contributed by atoms with Gasteiger partial charge >= 0.3 is 0 Å². The zero-order valence-corrected chi connectivity index (χ0v) is 14.4. The number of benzene rings is 1. The highest BCUT2D eigenvalue weighted by Crippen LogP contribution is 2.14. The fourth-order valence-corrected chi connectivity index (χ4v) is 3.06. The Balaban J connectivity index is 1.38. The van der Waals surface area contributed by atoms with Crippen molar-refractivity contribution in [3.8, 4) is 11.8 Å². The second-order valence-corrected chi connectivity index (χ2v) is 6.25. The third kappa shape index (κ3) is 5.28. The van der Waals surface area contributed by atoms with Gasteiger partial charge in [-0.1, -0.05) is 11.2 Å². The molecule has 0 unspecified atom stereocenters. The molecule has 2 heterocycles. The van der Waals surface area contributed by atoms with Gasteiger partial charge in [0.25, 0.3) is 0 Å². The van der Waals surface area contributed by atoms with Crippen molar-refractivity contribution in [1.29, 1.82) is 5.26 Å². The minimum atomic E-state index is 0.441. The molecule has 7 heteroatoms. The Kier molecular flexibility index (Phi) is 5.99. The predicted octanol–water partition coefficient (Wildman–Crippen LogP) is 1.88. The number of nitrogens with zero attached hydrogens (tertiary/aromatic N) is 4. The summed E-state index contributed by atoms with van der Waals surface area (Å²) < 4.78 is 10.7. The molecule has 2 aromatic rings. The summed E-state index contributed by atoms with van der Waals surface area (Å²) in [4.78, 5) is 6.62. The molecule has 1 N–H and O–H groups in total. The van der Waals surface area contributed by atoms with Crippen LogP contribution in [0.3, 0.4) is 0 Å². The van der Waals surface area contributed by atoms with Gasteiger partial charge in [-0.15, -0.1) is 0 Å². The molecule has 0 spiro atoms. The molecule has 1 atom stereocenters. The second kappa shape index (κ2) is 8.60. The van der Waals surface area contributed by atoms with Gasteiger partial charge in [0.2, 0.25) is 5.89 Å². The molecule has 7 nitrogen and oxygen atoms in total. The Morgan fingerprint density at radius 3 is 3.20 bits per heavy atom. The van der Waals surface area contributed by atoms with Gasteiger partial charge in [-0.2, -0.15) is 10.2 Å². The number of aryl methyl sites for hydroxylation is 1. The van der Waals surface area contributed by atoms with Crippen LogP contribution in [-0.2, 0) is 6.54 Å². The van der Waals surface area contributed by atoms with Crippen LogP contribution in [0, 0.1) is 18.3 Å². The van der Waals surface area contributed by atoms with E-state index in [1.165, 1.54) is 0 Å². The molecule has 0 radical (unpaired) electrons. The Bertz CT molecular complexity index is 724. The summed E-state index contributed by atoms with van der Waals surface area (Å²) >= 11 is 0. The van der Waals surface area contributed by atoms with E-state index < -0.39 is 0 Å². The van der Waals surface area contributed by atoms with Gasteiger partial charge in [0, 0.05) is 26.1 Å². The largest absolute Gasteiger partial charge is 0.492 e. The molecule has 1 aliphatic heterocycles. The maximum absolute atomic E-state index is 8.90. The number of likely N-dealkylation sites (tertiary alicyclic amines) is 1. The molecule has 1 fully saturated rings. The van der Waals surface area contributed by atoms with Crippen molar-refractivity contribution < 1.29 is 9.26 Å². The minimum Gasteiger partial charge on any atom is -0.492 e. The van der Waals surface area contributed by atoms with Crippen LogP contribution in [0.15, 0.2) is 28.8 Å². The number of nitriles is 1. The van der Waals surface area contributed by atoms with Crippen molar-refractivity contribution in [2.45, 2.75) is 32.4 Å². The van der Waals surface area contributed by atoms with Crippen LogP contribution < -0.4 is 10.1 Å². The SMILES string of the molecule is Cc1nc(CN2CCC[C@H](NCCOc3cccc(C#N)c3)C2)no1. The van der Waals surface area contributed by atoms with Crippen LogP contribution >= 0.6 is 0 Å². The average Bonchev–Trinajstić information content (AvgIpc) is 3.04. The standard InChI is InChI=1S/C18H23N5O2/c1-14-21-18(22-25-14)13-23-8-3-5-16(12-23)20-7-9-24-17-6-2-4-15(10-17)11-19/h2,4,6,10,16,20H,3,5,7-9,12-13H2,1H3/t16-/m0/s1. The van der Waals surface area contributed by atoms with Crippen LogP contribution in [-0.4, -0.2) is 47.3 Å². The molecule has 1 aliphatic rings. The van der Waals surface area contributed by atoms with E-state index >= 15 is 0 Å². The quantitative estimate of drug-likeness (QED) is 0.769. The number of hydrogen-bond acceptors (Lipinski definition) is 7. The van der Waals surface area contributed by atoms with Gasteiger partial charge in [-0.25, -0.2) is 0 Å². The zero-order valence-electron chi connectivity index (χ0n) is 14.4. The Morgan fingerprint density at radius 2 is 2.40 bits per heavy atom. The highest BCUT2D eigenvalue weighted by molar-refractivity contribution is 5.36. The first-order chi connectivity index (χ1) is 12.2. The average molecular weight is 341 g/mol. The van der Waals surface area contributed by atoms with E-state index in [9.17, 15) is 0 Å². The summed E-state index contributed by atoms with van der Waals surface area (Å²) in [6.07, 6.45) is 2.31. The lowest BCUT2D eigenvalue weighted by atomic mass is 10.1. The van der Waals surface area contributed by atoms with Gasteiger partial charge in [-0.3, -0.25) is 4.90 Å². The lowest BCUT2D eigenvalue weighted by molar-refractivity contribution is 0.173. The van der Waals surface area contributed by atoms with Gasteiger partial charge in [-0.05, 0) is 37.6 Å². The van der Waals surface area contributed by atoms with E-state index in [0.717, 1.165) is 50.6 Å². The predicted molar refractivity (Wildman–Crippen MR) is 92.0 cm³/mol. The lowest BCUT2D eigenvalue weighted by Crippen LogP contribution is -2.46. The van der Waals surface area contributed by atoms with Crippen molar-refractivity contribution in [3.05, 3.63) is 41.5 Å². The molecule has 0 aliphatic carbocycles. The van der Waals surface area contributed by atoms with E-state index in [0.29, 0.717) is 24.1 Å². The summed E-state index contributed by atoms with van der Waals surface area (Å²) in [6.45, 7) is 5.92. The first kappa shape index (κ1) is 17.4. The Hall–Kier alpha value is -2.43. The normalized spacial score (nSPS) is 18.0. The van der Waals surface area contributed by atoms with E-state index in [2.05, 4.69) is 26.4 Å². The Labute approximate surface area is 147 Å². The summed E-state index contributed by atoms with van der Waals surface area (Å²) in [5, 5.41) is 16.4. The van der Waals surface area contributed by atoms with E-state index in [1.54, 1.807) is 12.1 Å². The van der Waals surface area contributed by atoms with Crippen LogP contribution in [0.1, 0.15) is 30.1 Å². The minimum absolute atomic E-state index is 0.441. The fourth-order valence-electron chi connectivity index (χ4n) is 3.06. The van der Waals surface area contributed by atoms with Crippen molar-refractivity contribution in [2.75, 3.05) is 26.2 Å². The molecular weight excluding hydrogens is 318 g/mol. The third-order valence-corrected chi connectivity index (χ3v) is 4.21. The maximum Gasteiger partial charge on any atom is 0.223 e. The number of rotatable bonds is 7. The monoisotopic (exact) mass is 341 g/mol. The zero-order chi connectivity index (χ0) is 17.5. The second-order valence-electron chi connectivity index (χ2n) is 6.25. The van der Waals surface area contributed by atoms with Crippen LogP contribution in [0.4, 0.5) is 0 Å². The number of aromatic nitrogens is 2. The molecule has 3 rings (SSSR count). The fraction of sp³-hybridized carbons (Fsp3) is 0.500. The van der Waals surface area contributed by atoms with Gasteiger partial charge in [0.1, 0.15) is 12.4 Å². The van der Waals surface area contributed by atoms with E-state index in [1.807, 2.05) is 19.1 Å². The van der Waals surface area contributed by atoms with E-state index in [4.69, 9.17) is 14.5 Å². The Morgan fingerprint density at radius 1 is 1.48 bits per heavy atom. The maximum atomic E-state index is 8.90. The molecule has 1 aromatic heterocycles. The summed E-state index contributed by atoms with van der Waals surface area (Å²) in [6, 6.07) is 9.79. The van der Waals surface area contributed by atoms with Crippen molar-refractivity contribution >= 4 is 0 Å². The summed E-state index contributed by atoms with van der Waals surface area (Å²) in [7, 11) is 0. The molecule has 0 bridgehead atoms. The number of ether oxygens (including phenoxy) is 1. The topological polar surface area (TPSA) is 87.2 Å². The van der Waals surface area contributed by atoms with Crippen LogP contribution in [0.2, 0.25) is 0 Å². The highest BCUT2D eigenvalue weighted by atomic mass is 16.5. The lowest BCUT2D eigenvalue weighted by Gasteiger charge is -2.32. The molecule has 0 amide bonds. The van der Waals surface area contributed by atoms with E-state index in [-0.39, 0.29) is 0 Å². The molecule has 132 valence electrons. The number of piperidine rings is 1. The number of hydrogen-bond donors (Lipinski definition) is 1. The molecular formula is C18H23N5O2. The first-order valence-electron chi connectivity index (χ1n) is 8.61. The van der Waals surface area contributed by atoms with Gasteiger partial charge in [0.15, 0.2) is 5.82 Å². The van der Waals surface area contributed by atoms with Crippen molar-refractivity contribution in [3.63, 3.8) is 0 Å². The summed E-state index contributed by atoms with van der Waals surface area (Å²) in [5.74, 6) is 2.09. The molecule has 1 aromatic carbocycles. The van der Waals surface area contributed by atoms with Crippen molar-refractivity contribution in [1.82, 2.24) is 20.4 Å². The molecule has 1 saturated heterocycles. The van der Waals surface area contributed by atoms with Gasteiger partial charge in [0.05, 0.1) is 18.2 Å². The summed E-state index contributed by atoms with van der Waals surface area (Å²) in [5.41, 5.74) is 0.616. The smallest absolute Gasteiger partial charge is 0.223 e. The third-order valence-electron chi connectivity index (χ3n) is 4.21. The molecule has 25 heavy (non-hydrogen) atoms. The van der Waals surface area contributed by atoms with Crippen molar-refractivity contribution in [2.24, 2.45) is 0 Å². The van der Waals surface area contributed by atoms with Crippen LogP contribution in [0.5, 0.6) is 5.75 Å².